The number of nitrogens with two attached hydrogens (primary N) is 1. The van der Waals surface area contributed by atoms with Gasteiger partial charge in [-0.05, 0) is 31.4 Å². The van der Waals surface area contributed by atoms with Gasteiger partial charge in [0, 0.05) is 36.1 Å². The number of aryl methyl sites for hydroxylation is 2. The van der Waals surface area contributed by atoms with Gasteiger partial charge in [-0.3, -0.25) is 20.9 Å². The second kappa shape index (κ2) is 4.75. The van der Waals surface area contributed by atoms with Crippen molar-refractivity contribution in [1.82, 2.24) is 20.2 Å². The largest absolute Gasteiger partial charge is 0.273 e. The Hall–Kier alpha value is -1.72. The third kappa shape index (κ3) is 1.95. The van der Waals surface area contributed by atoms with E-state index < -0.39 is 0 Å². The maximum atomic E-state index is 5.81. The quantitative estimate of drug-likeness (QED) is 0.643. The number of hydrogen-bond acceptors (Lipinski definition) is 4. The minimum absolute atomic E-state index is 0.0739. The molecule has 100 valence electrons. The molecule has 0 saturated heterocycles. The summed E-state index contributed by atoms with van der Waals surface area (Å²) >= 11 is 0. The van der Waals surface area contributed by atoms with Gasteiger partial charge in [-0.1, -0.05) is 6.07 Å². The molecule has 3 rings (SSSR count). The van der Waals surface area contributed by atoms with Crippen LogP contribution in [0.5, 0.6) is 0 Å². The molecular formula is C14H19N5. The van der Waals surface area contributed by atoms with Gasteiger partial charge in [-0.15, -0.1) is 0 Å². The Bertz CT molecular complexity index is 589. The maximum absolute atomic E-state index is 5.81. The highest BCUT2D eigenvalue weighted by Gasteiger charge is 2.32. The summed E-state index contributed by atoms with van der Waals surface area (Å²) in [4.78, 5) is 4.55. The fraction of sp³-hybridized carbons (Fsp3) is 0.429. The molecule has 19 heavy (non-hydrogen) atoms. The fourth-order valence-corrected chi connectivity index (χ4v) is 3.01. The van der Waals surface area contributed by atoms with Crippen LogP contribution in [0.4, 0.5) is 0 Å². The van der Waals surface area contributed by atoms with Crippen molar-refractivity contribution in [3.63, 3.8) is 0 Å². The molecular weight excluding hydrogens is 238 g/mol. The van der Waals surface area contributed by atoms with Gasteiger partial charge >= 0.3 is 0 Å². The summed E-state index contributed by atoms with van der Waals surface area (Å²) in [6.07, 6.45) is 5.92. The lowest BCUT2D eigenvalue weighted by atomic mass is 9.91. The standard InChI is InChI=1S/C14H19N5/c1-9-12(8-17-19(9)2)14(18-15)11-6-5-10-4-3-7-16-13(10)11/h3-4,7-8,11,14,18H,5-6,15H2,1-2H3. The summed E-state index contributed by atoms with van der Waals surface area (Å²) < 4.78 is 1.88. The van der Waals surface area contributed by atoms with Crippen LogP contribution in [0.15, 0.2) is 24.5 Å². The summed E-state index contributed by atoms with van der Waals surface area (Å²) in [7, 11) is 1.95. The van der Waals surface area contributed by atoms with E-state index in [-0.39, 0.29) is 6.04 Å². The molecule has 1 aliphatic carbocycles. The normalized spacial score (nSPS) is 19.4. The van der Waals surface area contributed by atoms with Crippen molar-refractivity contribution < 1.29 is 0 Å². The van der Waals surface area contributed by atoms with Crippen molar-refractivity contribution in [3.8, 4) is 0 Å². The molecule has 5 heteroatoms. The van der Waals surface area contributed by atoms with E-state index in [0.29, 0.717) is 5.92 Å². The van der Waals surface area contributed by atoms with Crippen molar-refractivity contribution in [3.05, 3.63) is 47.0 Å². The lowest BCUT2D eigenvalue weighted by Crippen LogP contribution is -2.32. The first-order chi connectivity index (χ1) is 9.22. The second-order valence-corrected chi connectivity index (χ2v) is 5.15. The van der Waals surface area contributed by atoms with Crippen LogP contribution >= 0.6 is 0 Å². The molecule has 3 N–H and O–H groups in total. The first-order valence-electron chi connectivity index (χ1n) is 6.60. The molecule has 0 spiro atoms. The average molecular weight is 257 g/mol. The predicted molar refractivity (Wildman–Crippen MR) is 73.3 cm³/mol. The van der Waals surface area contributed by atoms with Crippen LogP contribution in [-0.4, -0.2) is 14.8 Å². The lowest BCUT2D eigenvalue weighted by molar-refractivity contribution is 0.445. The highest BCUT2D eigenvalue weighted by molar-refractivity contribution is 5.34. The van der Waals surface area contributed by atoms with E-state index >= 15 is 0 Å². The first-order valence-corrected chi connectivity index (χ1v) is 6.60. The van der Waals surface area contributed by atoms with E-state index in [1.165, 1.54) is 11.3 Å². The third-order valence-electron chi connectivity index (χ3n) is 4.19. The molecule has 0 saturated carbocycles. The van der Waals surface area contributed by atoms with Gasteiger partial charge < -0.3 is 0 Å². The number of hydrogen-bond donors (Lipinski definition) is 2. The van der Waals surface area contributed by atoms with E-state index in [1.54, 1.807) is 0 Å². The van der Waals surface area contributed by atoms with Crippen LogP contribution in [-0.2, 0) is 13.5 Å². The van der Waals surface area contributed by atoms with Gasteiger partial charge in [-0.25, -0.2) is 0 Å². The Balaban J connectivity index is 1.99. The van der Waals surface area contributed by atoms with Crippen molar-refractivity contribution in [2.45, 2.75) is 31.7 Å². The average Bonchev–Trinajstić information content (AvgIpc) is 2.99. The topological polar surface area (TPSA) is 68.8 Å². The van der Waals surface area contributed by atoms with Crippen molar-refractivity contribution in [2.24, 2.45) is 12.9 Å². The molecule has 0 radical (unpaired) electrons. The maximum Gasteiger partial charge on any atom is 0.0577 e. The van der Waals surface area contributed by atoms with Gasteiger partial charge in [0.2, 0.25) is 0 Å². The minimum Gasteiger partial charge on any atom is -0.273 e. The molecule has 2 heterocycles. The van der Waals surface area contributed by atoms with Gasteiger partial charge in [0.15, 0.2) is 0 Å². The van der Waals surface area contributed by atoms with Gasteiger partial charge in [0.05, 0.1) is 12.2 Å². The molecule has 2 aromatic rings. The predicted octanol–water partition coefficient (Wildman–Crippen LogP) is 1.36. The number of nitrogens with zero attached hydrogens (tertiary/aromatic N) is 3. The summed E-state index contributed by atoms with van der Waals surface area (Å²) in [6.45, 7) is 2.07. The van der Waals surface area contributed by atoms with Gasteiger partial charge in [0.1, 0.15) is 0 Å². The summed E-state index contributed by atoms with van der Waals surface area (Å²) in [5.41, 5.74) is 7.79. The summed E-state index contributed by atoms with van der Waals surface area (Å²) in [5.74, 6) is 6.13. The van der Waals surface area contributed by atoms with Gasteiger partial charge in [0.25, 0.3) is 0 Å². The van der Waals surface area contributed by atoms with Crippen LogP contribution in [0.2, 0.25) is 0 Å². The van der Waals surface area contributed by atoms with Crippen LogP contribution in [0.3, 0.4) is 0 Å². The van der Waals surface area contributed by atoms with Crippen LogP contribution in [0.25, 0.3) is 0 Å². The lowest BCUT2D eigenvalue weighted by Gasteiger charge is -2.23. The summed E-state index contributed by atoms with van der Waals surface area (Å²) in [6, 6.07) is 4.23. The zero-order valence-electron chi connectivity index (χ0n) is 11.3. The SMILES string of the molecule is Cc1c(C(NN)C2CCc3cccnc32)cnn1C. The van der Waals surface area contributed by atoms with Crippen molar-refractivity contribution >= 4 is 0 Å². The Labute approximate surface area is 112 Å². The third-order valence-corrected chi connectivity index (χ3v) is 4.19. The Morgan fingerprint density at radius 1 is 1.53 bits per heavy atom. The van der Waals surface area contributed by atoms with E-state index in [1.807, 2.05) is 30.2 Å². The second-order valence-electron chi connectivity index (χ2n) is 5.15. The number of pyridine rings is 1. The molecule has 0 fully saturated rings. The van der Waals surface area contributed by atoms with Crippen LogP contribution in [0, 0.1) is 6.92 Å². The molecule has 0 bridgehead atoms. The Morgan fingerprint density at radius 3 is 3.05 bits per heavy atom. The highest BCUT2D eigenvalue weighted by atomic mass is 15.3. The smallest absolute Gasteiger partial charge is 0.0577 e. The number of fused-ring (bicyclic) bond motifs is 1. The van der Waals surface area contributed by atoms with E-state index in [9.17, 15) is 0 Å². The van der Waals surface area contributed by atoms with E-state index in [2.05, 4.69) is 28.5 Å². The molecule has 0 amide bonds. The van der Waals surface area contributed by atoms with Crippen molar-refractivity contribution in [2.75, 3.05) is 0 Å². The molecule has 2 atom stereocenters. The number of aromatic nitrogens is 3. The number of hydrazine groups is 1. The first kappa shape index (κ1) is 12.3. The molecule has 0 aromatic carbocycles. The molecule has 2 unspecified atom stereocenters. The number of rotatable bonds is 3. The highest BCUT2D eigenvalue weighted by Crippen LogP contribution is 2.40. The molecule has 2 aromatic heterocycles. The number of nitrogens with one attached hydrogen (secondary N) is 1. The minimum atomic E-state index is 0.0739. The fourth-order valence-electron chi connectivity index (χ4n) is 3.01. The molecule has 5 nitrogen and oxygen atoms in total. The Morgan fingerprint density at radius 2 is 2.37 bits per heavy atom. The zero-order valence-corrected chi connectivity index (χ0v) is 11.3. The van der Waals surface area contributed by atoms with Crippen LogP contribution in [0.1, 0.15) is 40.9 Å². The van der Waals surface area contributed by atoms with E-state index in [0.717, 1.165) is 24.1 Å². The summed E-state index contributed by atoms with van der Waals surface area (Å²) in [5, 5.41) is 4.31. The van der Waals surface area contributed by atoms with E-state index in [4.69, 9.17) is 5.84 Å². The molecule has 0 aliphatic heterocycles. The zero-order chi connectivity index (χ0) is 13.4. The molecule has 1 aliphatic rings. The monoisotopic (exact) mass is 257 g/mol. The Kier molecular flexibility index (Phi) is 3.08. The van der Waals surface area contributed by atoms with Gasteiger partial charge in [-0.2, -0.15) is 5.10 Å². The van der Waals surface area contributed by atoms with Crippen LogP contribution < -0.4 is 11.3 Å². The van der Waals surface area contributed by atoms with Crippen molar-refractivity contribution in [1.29, 1.82) is 0 Å².